The maximum absolute atomic E-state index is 13.2. The molecule has 5 rings (SSSR count). The third-order valence-corrected chi connectivity index (χ3v) is 6.92. The minimum atomic E-state index is -0.368. The monoisotopic (exact) mass is 554 g/mol. The van der Waals surface area contributed by atoms with Gasteiger partial charge in [-0.1, -0.05) is 29.3 Å². The van der Waals surface area contributed by atoms with Crippen molar-refractivity contribution in [3.8, 4) is 11.3 Å². The number of hydrogen-bond donors (Lipinski definition) is 2. The molecule has 37 heavy (non-hydrogen) atoms. The Morgan fingerprint density at radius 1 is 1.11 bits per heavy atom. The second-order valence-corrected chi connectivity index (χ2v) is 9.68. The van der Waals surface area contributed by atoms with Crippen molar-refractivity contribution in [3.05, 3.63) is 106 Å². The third-order valence-electron chi connectivity index (χ3n) is 6.02. The summed E-state index contributed by atoms with van der Waals surface area (Å²) in [4.78, 5) is 19.1. The number of pyridine rings is 1. The predicted octanol–water partition coefficient (Wildman–Crippen LogP) is 6.79. The zero-order valence-electron chi connectivity index (χ0n) is 19.3. The van der Waals surface area contributed by atoms with Gasteiger partial charge in [0.2, 0.25) is 5.91 Å². The molecule has 0 spiro atoms. The van der Waals surface area contributed by atoms with E-state index in [-0.39, 0.29) is 30.2 Å². The van der Waals surface area contributed by atoms with Crippen molar-refractivity contribution in [2.24, 2.45) is 0 Å². The van der Waals surface area contributed by atoms with Crippen LogP contribution < -0.4 is 10.6 Å². The summed E-state index contributed by atoms with van der Waals surface area (Å²) in [5.41, 5.74) is 2.02. The van der Waals surface area contributed by atoms with E-state index in [9.17, 15) is 9.18 Å². The summed E-state index contributed by atoms with van der Waals surface area (Å²) < 4.78 is 19.5. The predicted molar refractivity (Wildman–Crippen MR) is 146 cm³/mol. The molecule has 1 aliphatic heterocycles. The Morgan fingerprint density at radius 2 is 1.92 bits per heavy atom. The Morgan fingerprint density at radius 3 is 2.65 bits per heavy atom. The Balaban J connectivity index is 1.40. The number of carbonyl (C=O) groups is 1. The zero-order chi connectivity index (χ0) is 25.9. The first kappa shape index (κ1) is 25.2. The van der Waals surface area contributed by atoms with Gasteiger partial charge in [0.15, 0.2) is 5.11 Å². The molecule has 2 unspecified atom stereocenters. The smallest absolute Gasteiger partial charge is 0.226 e. The number of nitrogens with one attached hydrogen (secondary N) is 2. The minimum absolute atomic E-state index is 0.154. The molecule has 0 radical (unpaired) electrons. The average Bonchev–Trinajstić information content (AvgIpc) is 3.49. The van der Waals surface area contributed by atoms with Gasteiger partial charge in [-0.25, -0.2) is 4.39 Å². The first-order chi connectivity index (χ1) is 17.9. The molecular formula is C27H21Cl2FN4O2S. The number of hydrogen-bond acceptors (Lipinski definition) is 4. The molecule has 1 aliphatic rings. The lowest BCUT2D eigenvalue weighted by Crippen LogP contribution is -2.32. The van der Waals surface area contributed by atoms with Gasteiger partial charge >= 0.3 is 0 Å². The van der Waals surface area contributed by atoms with Crippen LogP contribution in [-0.4, -0.2) is 27.4 Å². The van der Waals surface area contributed by atoms with Gasteiger partial charge in [0.1, 0.15) is 23.4 Å². The Hall–Kier alpha value is -3.46. The summed E-state index contributed by atoms with van der Waals surface area (Å²) in [6.07, 6.45) is 1.87. The Bertz CT molecular complexity index is 1430. The van der Waals surface area contributed by atoms with Crippen molar-refractivity contribution < 1.29 is 13.6 Å². The van der Waals surface area contributed by atoms with Crippen molar-refractivity contribution >= 4 is 52.1 Å². The van der Waals surface area contributed by atoms with Crippen molar-refractivity contribution in [1.29, 1.82) is 0 Å². The topological polar surface area (TPSA) is 70.4 Å². The second-order valence-electron chi connectivity index (χ2n) is 8.45. The summed E-state index contributed by atoms with van der Waals surface area (Å²) in [6.45, 7) is 0.324. The summed E-state index contributed by atoms with van der Waals surface area (Å²) >= 11 is 18.1. The Kier molecular flexibility index (Phi) is 7.41. The van der Waals surface area contributed by atoms with Gasteiger partial charge in [-0.2, -0.15) is 0 Å². The van der Waals surface area contributed by atoms with E-state index in [2.05, 4.69) is 15.6 Å². The van der Waals surface area contributed by atoms with E-state index in [1.165, 1.54) is 24.3 Å². The number of nitrogens with zero attached hydrogens (tertiary/aromatic N) is 2. The normalized spacial score (nSPS) is 17.1. The quantitative estimate of drug-likeness (QED) is 0.245. The highest BCUT2D eigenvalue weighted by molar-refractivity contribution is 7.80. The van der Waals surface area contributed by atoms with Crippen LogP contribution in [0.2, 0.25) is 10.0 Å². The maximum atomic E-state index is 13.2. The van der Waals surface area contributed by atoms with Gasteiger partial charge in [-0.15, -0.1) is 0 Å². The first-order valence-corrected chi connectivity index (χ1v) is 12.6. The highest BCUT2D eigenvalue weighted by atomic mass is 35.5. The molecule has 0 aliphatic carbocycles. The number of amides is 1. The largest absolute Gasteiger partial charge is 0.459 e. The Labute approximate surface area is 228 Å². The molecule has 3 heterocycles. The molecule has 2 aromatic heterocycles. The van der Waals surface area contributed by atoms with E-state index in [0.29, 0.717) is 44.5 Å². The van der Waals surface area contributed by atoms with Crippen molar-refractivity contribution in [3.63, 3.8) is 0 Å². The molecule has 0 bridgehead atoms. The average molecular weight is 555 g/mol. The maximum Gasteiger partial charge on any atom is 0.226 e. The first-order valence-electron chi connectivity index (χ1n) is 11.5. The summed E-state index contributed by atoms with van der Waals surface area (Å²) in [6, 6.07) is 19.6. The molecule has 10 heteroatoms. The van der Waals surface area contributed by atoms with Crippen molar-refractivity contribution in [2.45, 2.75) is 18.5 Å². The van der Waals surface area contributed by atoms with Crippen LogP contribution in [-0.2, 0) is 4.79 Å². The fourth-order valence-electron chi connectivity index (χ4n) is 4.28. The molecule has 188 valence electrons. The van der Waals surface area contributed by atoms with Gasteiger partial charge in [-0.3, -0.25) is 9.78 Å². The molecule has 1 saturated heterocycles. The number of benzene rings is 2. The van der Waals surface area contributed by atoms with Gasteiger partial charge in [0.25, 0.3) is 0 Å². The van der Waals surface area contributed by atoms with Crippen LogP contribution in [0.5, 0.6) is 0 Å². The number of carbonyl (C=O) groups excluding carboxylic acids is 1. The fraction of sp³-hybridized carbons (Fsp3) is 0.148. The lowest BCUT2D eigenvalue weighted by molar-refractivity contribution is -0.116. The van der Waals surface area contributed by atoms with Crippen molar-refractivity contribution in [2.75, 3.05) is 11.9 Å². The highest BCUT2D eigenvalue weighted by Crippen LogP contribution is 2.41. The molecule has 2 N–H and O–H groups in total. The van der Waals surface area contributed by atoms with E-state index in [4.69, 9.17) is 39.8 Å². The molecule has 2 aromatic carbocycles. The summed E-state index contributed by atoms with van der Waals surface area (Å²) in [5.74, 6) is 0.640. The number of aromatic nitrogens is 1. The van der Waals surface area contributed by atoms with Crippen LogP contribution in [0.3, 0.4) is 0 Å². The van der Waals surface area contributed by atoms with Gasteiger partial charge in [-0.05, 0) is 78.9 Å². The lowest BCUT2D eigenvalue weighted by Gasteiger charge is -2.25. The molecule has 6 nitrogen and oxygen atoms in total. The molecule has 4 aromatic rings. The van der Waals surface area contributed by atoms with Crippen molar-refractivity contribution in [1.82, 2.24) is 15.2 Å². The third kappa shape index (κ3) is 5.61. The second kappa shape index (κ2) is 10.9. The number of thiocarbonyl (C=S) groups is 1. The molecular weight excluding hydrogens is 534 g/mol. The van der Waals surface area contributed by atoms with Gasteiger partial charge < -0.3 is 20.0 Å². The van der Waals surface area contributed by atoms with E-state index in [1.807, 2.05) is 35.2 Å². The lowest BCUT2D eigenvalue weighted by atomic mass is 10.0. The fourth-order valence-corrected chi connectivity index (χ4v) is 5.11. The SMILES string of the molecule is O=C(CCN1C(=S)NC(c2ccccn2)C1c1ccc(-c2ccc(Cl)cc2Cl)o1)Nc1ccc(F)cc1. The number of furan rings is 1. The molecule has 1 fully saturated rings. The summed E-state index contributed by atoms with van der Waals surface area (Å²) in [7, 11) is 0. The number of anilines is 1. The molecule has 0 saturated carbocycles. The van der Waals surface area contributed by atoms with Crippen LogP contribution in [0.1, 0.15) is 30.0 Å². The highest BCUT2D eigenvalue weighted by Gasteiger charge is 2.41. The van der Waals surface area contributed by atoms with Crippen LogP contribution in [0.4, 0.5) is 10.1 Å². The van der Waals surface area contributed by atoms with Crippen LogP contribution in [0.15, 0.2) is 83.4 Å². The van der Waals surface area contributed by atoms with Crippen LogP contribution in [0, 0.1) is 5.82 Å². The zero-order valence-corrected chi connectivity index (χ0v) is 21.7. The van der Waals surface area contributed by atoms with Gasteiger partial charge in [0.05, 0.1) is 16.8 Å². The number of halogens is 3. The number of rotatable bonds is 7. The van der Waals surface area contributed by atoms with E-state index in [0.717, 1.165) is 5.69 Å². The molecule has 1 amide bonds. The van der Waals surface area contributed by atoms with Crippen LogP contribution in [0.25, 0.3) is 11.3 Å². The van der Waals surface area contributed by atoms with E-state index in [1.54, 1.807) is 24.4 Å². The van der Waals surface area contributed by atoms with E-state index < -0.39 is 0 Å². The van der Waals surface area contributed by atoms with Crippen LogP contribution >= 0.6 is 35.4 Å². The summed E-state index contributed by atoms with van der Waals surface area (Å²) in [5, 5.41) is 7.61. The molecule has 2 atom stereocenters. The standard InChI is InChI=1S/C27H21Cl2FN4O2S/c28-16-4-9-19(20(29)15-16)22-10-11-23(36-22)26-25(21-3-1-2-13-31-21)33-27(37)34(26)14-12-24(35)32-18-7-5-17(30)6-8-18/h1-11,13,15,25-26H,12,14H2,(H,32,35)(H,33,37). The van der Waals surface area contributed by atoms with E-state index >= 15 is 0 Å². The minimum Gasteiger partial charge on any atom is -0.459 e. The van der Waals surface area contributed by atoms with Gasteiger partial charge in [0, 0.05) is 35.4 Å².